The highest BCUT2D eigenvalue weighted by Gasteiger charge is 2.17. The second-order valence-corrected chi connectivity index (χ2v) is 8.50. The molecular formula is C19H32N4O5S. The van der Waals surface area contributed by atoms with E-state index in [1.165, 1.54) is 0 Å². The van der Waals surface area contributed by atoms with E-state index in [9.17, 15) is 8.42 Å². The molecule has 29 heavy (non-hydrogen) atoms. The van der Waals surface area contributed by atoms with Crippen LogP contribution in [0.1, 0.15) is 26.2 Å². The van der Waals surface area contributed by atoms with Gasteiger partial charge in [-0.25, -0.2) is 13.1 Å². The molecular weight excluding hydrogens is 396 g/mol. The Kier molecular flexibility index (Phi) is 9.49. The molecule has 0 aromatic heterocycles. The van der Waals surface area contributed by atoms with Crippen LogP contribution in [0.15, 0.2) is 23.2 Å². The van der Waals surface area contributed by atoms with Gasteiger partial charge >= 0.3 is 0 Å². The van der Waals surface area contributed by atoms with Crippen molar-refractivity contribution < 1.29 is 22.6 Å². The number of anilines is 1. The van der Waals surface area contributed by atoms with Gasteiger partial charge in [-0.15, -0.1) is 0 Å². The number of hydrogen-bond acceptors (Lipinski definition) is 6. The molecule has 0 bridgehead atoms. The van der Waals surface area contributed by atoms with E-state index in [2.05, 4.69) is 20.3 Å². The molecule has 10 heteroatoms. The summed E-state index contributed by atoms with van der Waals surface area (Å²) in [4.78, 5) is 4.13. The van der Waals surface area contributed by atoms with Gasteiger partial charge in [0.1, 0.15) is 0 Å². The monoisotopic (exact) mass is 428 g/mol. The van der Waals surface area contributed by atoms with Crippen LogP contribution in [0.2, 0.25) is 0 Å². The minimum Gasteiger partial charge on any atom is -0.493 e. The highest BCUT2D eigenvalue weighted by molar-refractivity contribution is 7.89. The Labute approximate surface area is 173 Å². The number of ether oxygens (including phenoxy) is 3. The quantitative estimate of drug-likeness (QED) is 0.383. The molecule has 0 spiro atoms. The normalized spacial score (nSPS) is 17.6. The highest BCUT2D eigenvalue weighted by Crippen LogP contribution is 2.30. The molecule has 1 aliphatic heterocycles. The Morgan fingerprint density at radius 1 is 1.31 bits per heavy atom. The average molecular weight is 429 g/mol. The number of methoxy groups -OCH3 is 1. The van der Waals surface area contributed by atoms with E-state index in [0.717, 1.165) is 24.9 Å². The van der Waals surface area contributed by atoms with Crippen LogP contribution >= 0.6 is 0 Å². The zero-order valence-electron chi connectivity index (χ0n) is 17.4. The summed E-state index contributed by atoms with van der Waals surface area (Å²) in [5.41, 5.74) is 0.748. The van der Waals surface area contributed by atoms with E-state index in [1.807, 2.05) is 13.0 Å². The van der Waals surface area contributed by atoms with Gasteiger partial charge in [-0.2, -0.15) is 0 Å². The van der Waals surface area contributed by atoms with Crippen LogP contribution in [0.5, 0.6) is 11.5 Å². The summed E-state index contributed by atoms with van der Waals surface area (Å²) in [5, 5.41) is 6.13. The van der Waals surface area contributed by atoms with Crippen molar-refractivity contribution >= 4 is 21.7 Å². The maximum absolute atomic E-state index is 12.2. The standard InChI is InChI=1S/C19H32N4O5S/c1-4-27-18-13-15(8-9-17(18)26-3)23-19(20-2)21-10-12-29(24,25)22-14-16-7-5-6-11-28-16/h8-9,13,16,22H,4-7,10-12,14H2,1-3H3,(H2,20,21,23). The summed E-state index contributed by atoms with van der Waals surface area (Å²) in [6, 6.07) is 5.43. The number of guanidine groups is 1. The lowest BCUT2D eigenvalue weighted by Gasteiger charge is -2.22. The molecule has 3 N–H and O–H groups in total. The lowest BCUT2D eigenvalue weighted by Crippen LogP contribution is -2.40. The number of sulfonamides is 1. The Morgan fingerprint density at radius 3 is 2.79 bits per heavy atom. The topological polar surface area (TPSA) is 110 Å². The molecule has 0 saturated carbocycles. The summed E-state index contributed by atoms with van der Waals surface area (Å²) >= 11 is 0. The summed E-state index contributed by atoms with van der Waals surface area (Å²) in [6.07, 6.45) is 2.98. The van der Waals surface area contributed by atoms with E-state index < -0.39 is 10.0 Å². The number of hydrogen-bond donors (Lipinski definition) is 3. The second-order valence-electron chi connectivity index (χ2n) is 6.58. The summed E-state index contributed by atoms with van der Waals surface area (Å²) in [7, 11) is -0.188. The third-order valence-electron chi connectivity index (χ3n) is 4.42. The first-order chi connectivity index (χ1) is 14.0. The highest BCUT2D eigenvalue weighted by atomic mass is 32.2. The van der Waals surface area contributed by atoms with Crippen LogP contribution in [0.25, 0.3) is 0 Å². The summed E-state index contributed by atoms with van der Waals surface area (Å²) < 4.78 is 43.4. The molecule has 2 rings (SSSR count). The maximum atomic E-state index is 12.2. The minimum atomic E-state index is -3.39. The third kappa shape index (κ3) is 8.08. The van der Waals surface area contributed by atoms with Gasteiger partial charge < -0.3 is 24.8 Å². The van der Waals surface area contributed by atoms with E-state index in [1.54, 1.807) is 26.3 Å². The van der Waals surface area contributed by atoms with Gasteiger partial charge in [0.05, 0.1) is 25.6 Å². The first-order valence-corrected chi connectivity index (χ1v) is 11.5. The van der Waals surface area contributed by atoms with Crippen LogP contribution < -0.4 is 24.8 Å². The Hall–Kier alpha value is -2.04. The Balaban J connectivity index is 1.81. The molecule has 1 fully saturated rings. The van der Waals surface area contributed by atoms with E-state index in [4.69, 9.17) is 14.2 Å². The van der Waals surface area contributed by atoms with Crippen molar-refractivity contribution in [3.63, 3.8) is 0 Å². The SMILES string of the molecule is CCOc1cc(NC(=NC)NCCS(=O)(=O)NCC2CCCCO2)ccc1OC. The maximum Gasteiger partial charge on any atom is 0.213 e. The lowest BCUT2D eigenvalue weighted by molar-refractivity contribution is 0.0200. The molecule has 0 radical (unpaired) electrons. The fraction of sp³-hybridized carbons (Fsp3) is 0.632. The first-order valence-electron chi connectivity index (χ1n) is 9.85. The second kappa shape index (κ2) is 11.8. The smallest absolute Gasteiger partial charge is 0.213 e. The molecule has 1 unspecified atom stereocenters. The van der Waals surface area contributed by atoms with Crippen LogP contribution in [0, 0.1) is 0 Å². The zero-order valence-corrected chi connectivity index (χ0v) is 18.2. The number of aliphatic imine (C=N–C) groups is 1. The van der Waals surface area contributed by atoms with Crippen molar-refractivity contribution in [3.05, 3.63) is 18.2 Å². The molecule has 1 aromatic rings. The Morgan fingerprint density at radius 2 is 2.14 bits per heavy atom. The van der Waals surface area contributed by atoms with Crippen LogP contribution in [-0.2, 0) is 14.8 Å². The van der Waals surface area contributed by atoms with Crippen molar-refractivity contribution in [2.75, 3.05) is 51.5 Å². The van der Waals surface area contributed by atoms with Gasteiger partial charge in [-0.3, -0.25) is 4.99 Å². The van der Waals surface area contributed by atoms with Crippen molar-refractivity contribution in [2.24, 2.45) is 4.99 Å². The predicted octanol–water partition coefficient (Wildman–Crippen LogP) is 1.57. The average Bonchev–Trinajstić information content (AvgIpc) is 2.73. The van der Waals surface area contributed by atoms with Gasteiger partial charge in [0, 0.05) is 38.5 Å². The van der Waals surface area contributed by atoms with E-state index >= 15 is 0 Å². The van der Waals surface area contributed by atoms with Gasteiger partial charge in [0.15, 0.2) is 17.5 Å². The van der Waals surface area contributed by atoms with Crippen molar-refractivity contribution in [3.8, 4) is 11.5 Å². The van der Waals surface area contributed by atoms with Gasteiger partial charge in [-0.1, -0.05) is 0 Å². The largest absolute Gasteiger partial charge is 0.493 e. The lowest BCUT2D eigenvalue weighted by atomic mass is 10.1. The third-order valence-corrected chi connectivity index (χ3v) is 5.77. The summed E-state index contributed by atoms with van der Waals surface area (Å²) in [6.45, 7) is 3.65. The van der Waals surface area contributed by atoms with Gasteiger partial charge in [0.2, 0.25) is 10.0 Å². The molecule has 1 heterocycles. The molecule has 1 saturated heterocycles. The number of benzene rings is 1. The van der Waals surface area contributed by atoms with Gasteiger partial charge in [-0.05, 0) is 38.3 Å². The first kappa shape index (κ1) is 23.2. The van der Waals surface area contributed by atoms with Crippen molar-refractivity contribution in [1.29, 1.82) is 0 Å². The van der Waals surface area contributed by atoms with Crippen LogP contribution in [0.3, 0.4) is 0 Å². The fourth-order valence-corrected chi connectivity index (χ4v) is 3.86. The zero-order chi connectivity index (χ0) is 21.1. The minimum absolute atomic E-state index is 0.0319. The Bertz CT molecular complexity index is 764. The van der Waals surface area contributed by atoms with Crippen molar-refractivity contribution in [1.82, 2.24) is 10.0 Å². The predicted molar refractivity (Wildman–Crippen MR) is 115 cm³/mol. The van der Waals surface area contributed by atoms with Crippen molar-refractivity contribution in [2.45, 2.75) is 32.3 Å². The number of rotatable bonds is 10. The molecule has 1 aliphatic rings. The fourth-order valence-electron chi connectivity index (χ4n) is 2.90. The van der Waals surface area contributed by atoms with E-state index in [0.29, 0.717) is 37.2 Å². The number of nitrogens with zero attached hydrogens (tertiary/aromatic N) is 1. The molecule has 0 aliphatic carbocycles. The van der Waals surface area contributed by atoms with Crippen LogP contribution in [0.4, 0.5) is 5.69 Å². The molecule has 1 atom stereocenters. The number of nitrogens with one attached hydrogen (secondary N) is 3. The summed E-state index contributed by atoms with van der Waals surface area (Å²) in [5.74, 6) is 1.66. The van der Waals surface area contributed by atoms with Crippen LogP contribution in [-0.4, -0.2) is 66.7 Å². The molecule has 0 amide bonds. The van der Waals surface area contributed by atoms with E-state index in [-0.39, 0.29) is 18.4 Å². The molecule has 164 valence electrons. The van der Waals surface area contributed by atoms with Gasteiger partial charge in [0.25, 0.3) is 0 Å². The molecule has 1 aromatic carbocycles. The molecule has 9 nitrogen and oxygen atoms in total.